The van der Waals surface area contributed by atoms with Gasteiger partial charge in [-0.05, 0) is 173 Å². The Morgan fingerprint density at radius 3 is 0.939 bits per heavy atom. The van der Waals surface area contributed by atoms with E-state index in [4.69, 9.17) is 18.1 Å². The number of rotatable bonds is 9. The van der Waals surface area contributed by atoms with Gasteiger partial charge in [-0.1, -0.05) is 138 Å². The standard InChI is InChI=1S/C58H86N2O4P2/c1-39(41-17-5-3-6-18-41)59(65-61-51-33-29-43-21-9-13-25-47(43)55(51)56-48-26-14-10-22-44(48)30-34-52(56)62-65)37-38-60(40(2)42-19-7-4-8-20-42)66-63-53-35-31-45-23-11-15-27-49(45)57(53)58-50-28-16-12-24-46(50)32-36-54(58)64-66/h3-8,17-20,39-40,43-58H,9-16,21-38H2,1-2H3/t39-,40-,43?,44?,45?,46?,47?,48?,49?,50?,51?,52?,53?,54?,55?,56?,57?,58?,65?,66?/m0/s1. The zero-order valence-corrected chi connectivity index (χ0v) is 42.8. The Labute approximate surface area is 403 Å². The van der Waals surface area contributed by atoms with Crippen LogP contribution in [0.15, 0.2) is 60.7 Å². The van der Waals surface area contributed by atoms with Crippen molar-refractivity contribution < 1.29 is 18.1 Å². The van der Waals surface area contributed by atoms with Gasteiger partial charge in [-0.2, -0.15) is 0 Å². The van der Waals surface area contributed by atoms with E-state index >= 15 is 0 Å². The lowest BCUT2D eigenvalue weighted by Gasteiger charge is -2.53. The first-order valence-corrected chi connectivity index (χ1v) is 30.7. The van der Waals surface area contributed by atoms with Gasteiger partial charge in [-0.3, -0.25) is 0 Å². The average Bonchev–Trinajstić information content (AvgIpc) is 3.66. The lowest BCUT2D eigenvalue weighted by atomic mass is 9.53. The molecule has 0 N–H and O–H groups in total. The predicted molar refractivity (Wildman–Crippen MR) is 269 cm³/mol. The normalized spacial score (nSPS) is 44.3. The molecule has 0 amide bonds. The van der Waals surface area contributed by atoms with Crippen molar-refractivity contribution in [2.75, 3.05) is 13.1 Å². The van der Waals surface area contributed by atoms with Crippen LogP contribution in [0.3, 0.4) is 0 Å². The lowest BCUT2D eigenvalue weighted by Crippen LogP contribution is -2.51. The van der Waals surface area contributed by atoms with Crippen LogP contribution < -0.4 is 0 Å². The fourth-order valence-electron chi connectivity index (χ4n) is 18.0. The summed E-state index contributed by atoms with van der Waals surface area (Å²) in [5, 5.41) is 0. The van der Waals surface area contributed by atoms with Crippen LogP contribution in [-0.2, 0) is 18.1 Å². The summed E-state index contributed by atoms with van der Waals surface area (Å²) in [6.07, 6.45) is 34.4. The zero-order valence-electron chi connectivity index (χ0n) is 41.0. The molecule has 6 nitrogen and oxygen atoms in total. The molecule has 2 aromatic rings. The molecular weight excluding hydrogens is 851 g/mol. The van der Waals surface area contributed by atoms with Crippen LogP contribution in [0.4, 0.5) is 0 Å². The maximum atomic E-state index is 7.82. The summed E-state index contributed by atoms with van der Waals surface area (Å²) in [6, 6.07) is 23.1. The second-order valence-corrected chi connectivity index (χ2v) is 26.8. The molecule has 2 saturated heterocycles. The third-order valence-corrected chi connectivity index (χ3v) is 24.8. The number of hydrogen-bond donors (Lipinski definition) is 0. The minimum Gasteiger partial charge on any atom is -0.318 e. The van der Waals surface area contributed by atoms with E-state index in [-0.39, 0.29) is 12.1 Å². The molecule has 8 saturated carbocycles. The molecule has 10 aliphatic rings. The predicted octanol–water partition coefficient (Wildman–Crippen LogP) is 16.0. The van der Waals surface area contributed by atoms with Gasteiger partial charge in [0.2, 0.25) is 0 Å². The Balaban J connectivity index is 0.889. The topological polar surface area (TPSA) is 43.4 Å². The lowest BCUT2D eigenvalue weighted by molar-refractivity contribution is -0.0856. The summed E-state index contributed by atoms with van der Waals surface area (Å²) in [5.41, 5.74) is 2.73. The molecule has 2 heterocycles. The Hall–Kier alpha value is -0.940. The van der Waals surface area contributed by atoms with Crippen molar-refractivity contribution in [3.8, 4) is 0 Å². The minimum absolute atomic E-state index is 0.166. The van der Waals surface area contributed by atoms with Crippen molar-refractivity contribution in [3.63, 3.8) is 0 Å². The van der Waals surface area contributed by atoms with Crippen molar-refractivity contribution in [1.29, 1.82) is 0 Å². The van der Waals surface area contributed by atoms with E-state index < -0.39 is 17.1 Å². The van der Waals surface area contributed by atoms with Crippen molar-refractivity contribution in [2.24, 2.45) is 71.0 Å². The molecule has 0 radical (unpaired) electrons. The Kier molecular flexibility index (Phi) is 14.4. The maximum Gasteiger partial charge on any atom is 0.259 e. The van der Waals surface area contributed by atoms with Crippen LogP contribution in [0.2, 0.25) is 0 Å². The first-order chi connectivity index (χ1) is 32.6. The van der Waals surface area contributed by atoms with Crippen LogP contribution in [0.1, 0.15) is 191 Å². The highest BCUT2D eigenvalue weighted by Crippen LogP contribution is 2.66. The van der Waals surface area contributed by atoms with E-state index in [9.17, 15) is 0 Å². The largest absolute Gasteiger partial charge is 0.318 e. The van der Waals surface area contributed by atoms with E-state index in [2.05, 4.69) is 83.9 Å². The van der Waals surface area contributed by atoms with Gasteiger partial charge in [0.15, 0.2) is 0 Å². The zero-order chi connectivity index (χ0) is 44.1. The molecule has 0 spiro atoms. The molecule has 12 rings (SSSR count). The van der Waals surface area contributed by atoms with Crippen molar-refractivity contribution >= 4 is 17.1 Å². The quantitative estimate of drug-likeness (QED) is 0.233. The highest BCUT2D eigenvalue weighted by atomic mass is 31.2. The van der Waals surface area contributed by atoms with Crippen LogP contribution in [0.25, 0.3) is 0 Å². The summed E-state index contributed by atoms with van der Waals surface area (Å²) >= 11 is 0. The fraction of sp³-hybridized carbons (Fsp3) is 0.793. The number of nitrogens with zero attached hydrogens (tertiary/aromatic N) is 2. The molecule has 362 valence electrons. The fourth-order valence-corrected chi connectivity index (χ4v) is 21.8. The molecule has 8 aliphatic carbocycles. The number of fused-ring (bicyclic) bond motifs is 14. The first-order valence-electron chi connectivity index (χ1n) is 28.5. The molecular formula is C58H86N2O4P2. The van der Waals surface area contributed by atoms with E-state index in [0.717, 1.165) is 60.4 Å². The molecule has 0 aromatic heterocycles. The van der Waals surface area contributed by atoms with Gasteiger partial charge >= 0.3 is 0 Å². The Bertz CT molecular complexity index is 1660. The molecule has 66 heavy (non-hydrogen) atoms. The van der Waals surface area contributed by atoms with Crippen LogP contribution >= 0.6 is 17.1 Å². The SMILES string of the molecule is C[C@@H](c1ccccc1)N(CCN([C@@H](C)c1ccccc1)P1OC2CCC3CCCCC3C2C2C(CCC3CCCCC32)O1)P1OC2CCC3CCCCC3C2C2C(CCC3CCCCC32)O1. The van der Waals surface area contributed by atoms with Gasteiger partial charge in [0, 0.05) is 25.2 Å². The summed E-state index contributed by atoms with van der Waals surface area (Å²) < 4.78 is 36.8. The van der Waals surface area contributed by atoms with E-state index in [1.165, 1.54) is 165 Å². The Morgan fingerprint density at radius 1 is 0.379 bits per heavy atom. The number of benzene rings is 2. The van der Waals surface area contributed by atoms with Gasteiger partial charge in [-0.15, -0.1) is 0 Å². The first kappa shape index (κ1) is 46.2. The van der Waals surface area contributed by atoms with Crippen LogP contribution in [0, 0.1) is 71.0 Å². The second-order valence-electron chi connectivity index (χ2n) is 24.0. The molecule has 2 aliphatic heterocycles. The second kappa shape index (κ2) is 20.7. The van der Waals surface area contributed by atoms with Gasteiger partial charge in [-0.25, -0.2) is 9.34 Å². The van der Waals surface area contributed by atoms with E-state index in [0.29, 0.717) is 48.1 Å². The smallest absolute Gasteiger partial charge is 0.259 e. The monoisotopic (exact) mass is 937 g/mol. The molecule has 18 atom stereocenters. The van der Waals surface area contributed by atoms with Gasteiger partial charge in [0.1, 0.15) is 0 Å². The summed E-state index contributed by atoms with van der Waals surface area (Å²) in [5.74, 6) is 9.49. The minimum atomic E-state index is -1.30. The van der Waals surface area contributed by atoms with Gasteiger partial charge in [0.25, 0.3) is 17.1 Å². The van der Waals surface area contributed by atoms with Crippen LogP contribution in [0.5, 0.6) is 0 Å². The maximum absolute atomic E-state index is 7.82. The van der Waals surface area contributed by atoms with Crippen molar-refractivity contribution in [2.45, 2.75) is 204 Å². The summed E-state index contributed by atoms with van der Waals surface area (Å²) in [6.45, 7) is 6.65. The number of hydrogen-bond acceptors (Lipinski definition) is 6. The molecule has 10 fully saturated rings. The molecule has 2 aromatic carbocycles. The van der Waals surface area contributed by atoms with Crippen molar-refractivity contribution in [1.82, 2.24) is 9.34 Å². The molecule has 0 bridgehead atoms. The summed E-state index contributed by atoms with van der Waals surface area (Å²) in [7, 11) is -2.60. The third kappa shape index (κ3) is 9.02. The van der Waals surface area contributed by atoms with Crippen LogP contribution in [-0.4, -0.2) is 46.8 Å². The highest BCUT2D eigenvalue weighted by Gasteiger charge is 2.58. The van der Waals surface area contributed by atoms with E-state index in [1.807, 2.05) is 0 Å². The van der Waals surface area contributed by atoms with E-state index in [1.54, 1.807) is 0 Å². The average molecular weight is 937 g/mol. The molecule has 16 unspecified atom stereocenters. The Morgan fingerprint density at radius 2 is 0.652 bits per heavy atom. The van der Waals surface area contributed by atoms with Gasteiger partial charge < -0.3 is 18.1 Å². The summed E-state index contributed by atoms with van der Waals surface area (Å²) in [4.78, 5) is 0. The highest BCUT2D eigenvalue weighted by molar-refractivity contribution is 7.45. The molecule has 8 heteroatoms. The van der Waals surface area contributed by atoms with Crippen molar-refractivity contribution in [3.05, 3.63) is 71.8 Å². The third-order valence-electron chi connectivity index (χ3n) is 21.1. The van der Waals surface area contributed by atoms with Gasteiger partial charge in [0.05, 0.1) is 24.4 Å².